The van der Waals surface area contributed by atoms with Gasteiger partial charge in [-0.15, -0.1) is 22.9 Å². The standard InChI is InChI=1S/C11H15Cl2NO2S2/c1-7-3-4-14(9(7)6-12)18(15,16)10-5-8(2)11(13)17-10/h5,7,9H,3-4,6H2,1-2H3. The molecule has 0 saturated carbocycles. The molecule has 1 aromatic rings. The molecule has 1 fully saturated rings. The molecular formula is C11H15Cl2NO2S2. The molecule has 18 heavy (non-hydrogen) atoms. The van der Waals surface area contributed by atoms with E-state index in [4.69, 9.17) is 23.2 Å². The molecule has 2 heterocycles. The van der Waals surface area contributed by atoms with E-state index < -0.39 is 10.0 Å². The van der Waals surface area contributed by atoms with Gasteiger partial charge in [0.25, 0.3) is 10.0 Å². The van der Waals surface area contributed by atoms with Crippen molar-refractivity contribution in [1.82, 2.24) is 4.31 Å². The van der Waals surface area contributed by atoms with Crippen LogP contribution in [0.3, 0.4) is 0 Å². The summed E-state index contributed by atoms with van der Waals surface area (Å²) in [6.07, 6.45) is 0.856. The first-order valence-electron chi connectivity index (χ1n) is 5.71. The van der Waals surface area contributed by atoms with E-state index in [1.54, 1.807) is 6.07 Å². The van der Waals surface area contributed by atoms with Gasteiger partial charge in [-0.1, -0.05) is 18.5 Å². The molecule has 0 bridgehead atoms. The van der Waals surface area contributed by atoms with Crippen molar-refractivity contribution in [3.63, 3.8) is 0 Å². The number of thiophene rings is 1. The average Bonchev–Trinajstić information content (AvgIpc) is 2.84. The summed E-state index contributed by atoms with van der Waals surface area (Å²) in [5.41, 5.74) is 0.801. The second-order valence-electron chi connectivity index (χ2n) is 4.63. The maximum absolute atomic E-state index is 12.5. The predicted molar refractivity (Wildman–Crippen MR) is 76.2 cm³/mol. The summed E-state index contributed by atoms with van der Waals surface area (Å²) >= 11 is 13.0. The Balaban J connectivity index is 2.37. The highest BCUT2D eigenvalue weighted by atomic mass is 35.5. The predicted octanol–water partition coefficient (Wildman–Crippen LogP) is 3.35. The molecule has 1 aliphatic heterocycles. The average molecular weight is 328 g/mol. The fraction of sp³-hybridized carbons (Fsp3) is 0.636. The molecule has 2 rings (SSSR count). The Morgan fingerprint density at radius 3 is 2.72 bits per heavy atom. The molecule has 7 heteroatoms. The van der Waals surface area contributed by atoms with Gasteiger partial charge in [0.1, 0.15) is 4.21 Å². The van der Waals surface area contributed by atoms with Crippen LogP contribution in [0.2, 0.25) is 4.34 Å². The summed E-state index contributed by atoms with van der Waals surface area (Å²) in [6.45, 7) is 4.38. The summed E-state index contributed by atoms with van der Waals surface area (Å²) in [7, 11) is -3.45. The SMILES string of the molecule is Cc1cc(S(=O)(=O)N2CCC(C)C2CCl)sc1Cl. The number of hydrogen-bond acceptors (Lipinski definition) is 3. The monoisotopic (exact) mass is 327 g/mol. The molecule has 102 valence electrons. The van der Waals surface area contributed by atoms with Crippen molar-refractivity contribution in [3.05, 3.63) is 16.0 Å². The highest BCUT2D eigenvalue weighted by Gasteiger charge is 2.39. The van der Waals surface area contributed by atoms with Crippen molar-refractivity contribution >= 4 is 44.6 Å². The quantitative estimate of drug-likeness (QED) is 0.798. The van der Waals surface area contributed by atoms with E-state index in [1.165, 1.54) is 4.31 Å². The lowest BCUT2D eigenvalue weighted by atomic mass is 10.1. The van der Waals surface area contributed by atoms with Crippen LogP contribution in [0.15, 0.2) is 10.3 Å². The first kappa shape index (κ1) is 14.6. The normalized spacial score (nSPS) is 25.8. The van der Waals surface area contributed by atoms with Crippen molar-refractivity contribution in [2.75, 3.05) is 12.4 Å². The van der Waals surface area contributed by atoms with Crippen molar-refractivity contribution < 1.29 is 8.42 Å². The highest BCUT2D eigenvalue weighted by molar-refractivity contribution is 7.91. The van der Waals surface area contributed by atoms with Crippen molar-refractivity contribution in [2.24, 2.45) is 5.92 Å². The summed E-state index contributed by atoms with van der Waals surface area (Å²) in [4.78, 5) is 0. The third kappa shape index (κ3) is 2.43. The van der Waals surface area contributed by atoms with Gasteiger partial charge in [0.05, 0.1) is 4.34 Å². The minimum atomic E-state index is -3.45. The molecule has 0 aromatic carbocycles. The summed E-state index contributed by atoms with van der Waals surface area (Å²) < 4.78 is 27.4. The molecule has 0 amide bonds. The fourth-order valence-corrected chi connectivity index (χ4v) is 6.30. The van der Waals surface area contributed by atoms with Gasteiger partial charge in [0.2, 0.25) is 0 Å². The maximum Gasteiger partial charge on any atom is 0.252 e. The fourth-order valence-electron chi connectivity index (χ4n) is 2.17. The van der Waals surface area contributed by atoms with Crippen LogP contribution in [0.1, 0.15) is 18.9 Å². The van der Waals surface area contributed by atoms with Gasteiger partial charge in [-0.05, 0) is 30.9 Å². The first-order valence-corrected chi connectivity index (χ1v) is 8.88. The zero-order valence-electron chi connectivity index (χ0n) is 10.2. The molecule has 0 spiro atoms. The molecule has 0 aliphatic carbocycles. The molecule has 2 unspecified atom stereocenters. The Labute approximate surface area is 122 Å². The van der Waals surface area contributed by atoms with Gasteiger partial charge in [-0.2, -0.15) is 4.31 Å². The first-order chi connectivity index (χ1) is 8.37. The molecular weight excluding hydrogens is 313 g/mol. The van der Waals surface area contributed by atoms with Gasteiger partial charge in [-0.25, -0.2) is 8.42 Å². The van der Waals surface area contributed by atoms with Gasteiger partial charge in [0, 0.05) is 18.5 Å². The Kier molecular flexibility index (Phi) is 4.29. The van der Waals surface area contributed by atoms with Crippen molar-refractivity contribution in [3.8, 4) is 0 Å². The van der Waals surface area contributed by atoms with E-state index in [0.29, 0.717) is 26.9 Å². The smallest absolute Gasteiger partial charge is 0.206 e. The van der Waals surface area contributed by atoms with E-state index in [-0.39, 0.29) is 6.04 Å². The number of rotatable bonds is 3. The lowest BCUT2D eigenvalue weighted by Crippen LogP contribution is -2.38. The maximum atomic E-state index is 12.5. The van der Waals surface area contributed by atoms with E-state index >= 15 is 0 Å². The number of hydrogen-bond donors (Lipinski definition) is 0. The van der Waals surface area contributed by atoms with E-state index in [9.17, 15) is 8.42 Å². The zero-order chi connectivity index (χ0) is 13.5. The highest BCUT2D eigenvalue weighted by Crippen LogP contribution is 2.36. The molecule has 0 N–H and O–H groups in total. The largest absolute Gasteiger partial charge is 0.252 e. The summed E-state index contributed by atoms with van der Waals surface area (Å²) in [6, 6.07) is 1.52. The lowest BCUT2D eigenvalue weighted by Gasteiger charge is -2.23. The Morgan fingerprint density at radius 1 is 1.56 bits per heavy atom. The van der Waals surface area contributed by atoms with Gasteiger partial charge >= 0.3 is 0 Å². The van der Waals surface area contributed by atoms with Crippen LogP contribution in [0, 0.1) is 12.8 Å². The second kappa shape index (κ2) is 5.29. The van der Waals surface area contributed by atoms with Crippen LogP contribution in [-0.2, 0) is 10.0 Å². The van der Waals surface area contributed by atoms with Crippen LogP contribution < -0.4 is 0 Å². The topological polar surface area (TPSA) is 37.4 Å². The van der Waals surface area contributed by atoms with Crippen LogP contribution in [0.25, 0.3) is 0 Å². The molecule has 0 radical (unpaired) electrons. The number of alkyl halides is 1. The molecule has 1 saturated heterocycles. The van der Waals surface area contributed by atoms with E-state index in [2.05, 4.69) is 0 Å². The number of aryl methyl sites for hydroxylation is 1. The third-order valence-corrected chi connectivity index (χ3v) is 7.63. The Morgan fingerprint density at radius 2 is 2.22 bits per heavy atom. The van der Waals surface area contributed by atoms with Crippen molar-refractivity contribution in [1.29, 1.82) is 0 Å². The molecule has 3 nitrogen and oxygen atoms in total. The van der Waals surface area contributed by atoms with Crippen LogP contribution in [0.5, 0.6) is 0 Å². The van der Waals surface area contributed by atoms with Crippen LogP contribution >= 0.6 is 34.5 Å². The number of sulfonamides is 1. The van der Waals surface area contributed by atoms with Gasteiger partial charge in [0.15, 0.2) is 0 Å². The minimum Gasteiger partial charge on any atom is -0.206 e. The molecule has 1 aliphatic rings. The Bertz CT molecular complexity index is 522. The Hall–Kier alpha value is 0.190. The number of nitrogens with zero attached hydrogens (tertiary/aromatic N) is 1. The van der Waals surface area contributed by atoms with Gasteiger partial charge in [-0.3, -0.25) is 0 Å². The minimum absolute atomic E-state index is 0.113. The lowest BCUT2D eigenvalue weighted by molar-refractivity contribution is 0.376. The van der Waals surface area contributed by atoms with E-state index in [0.717, 1.165) is 23.3 Å². The number of halogens is 2. The molecule has 1 aromatic heterocycles. The third-order valence-electron chi connectivity index (χ3n) is 3.39. The van der Waals surface area contributed by atoms with E-state index in [1.807, 2.05) is 13.8 Å². The second-order valence-corrected chi connectivity index (χ2v) is 8.71. The summed E-state index contributed by atoms with van der Waals surface area (Å²) in [5.74, 6) is 0.632. The zero-order valence-corrected chi connectivity index (χ0v) is 13.3. The summed E-state index contributed by atoms with van der Waals surface area (Å²) in [5, 5.41) is 0. The van der Waals surface area contributed by atoms with Crippen molar-refractivity contribution in [2.45, 2.75) is 30.5 Å². The molecule has 2 atom stereocenters. The van der Waals surface area contributed by atoms with Crippen LogP contribution in [-0.4, -0.2) is 31.2 Å². The van der Waals surface area contributed by atoms with Gasteiger partial charge < -0.3 is 0 Å². The van der Waals surface area contributed by atoms with Crippen LogP contribution in [0.4, 0.5) is 0 Å².